The van der Waals surface area contributed by atoms with Gasteiger partial charge in [-0.05, 0) is 23.8 Å². The van der Waals surface area contributed by atoms with Crippen molar-refractivity contribution in [2.75, 3.05) is 11.5 Å². The maximum absolute atomic E-state index is 8.72. The molecule has 0 radical (unpaired) electrons. The van der Waals surface area contributed by atoms with Crippen molar-refractivity contribution in [1.29, 1.82) is 5.26 Å². The summed E-state index contributed by atoms with van der Waals surface area (Å²) in [5.74, 6) is 3.71. The number of aromatic nitrogens is 1. The van der Waals surface area contributed by atoms with Gasteiger partial charge in [-0.1, -0.05) is 12.1 Å². The number of ether oxygens (including phenoxy) is 1. The summed E-state index contributed by atoms with van der Waals surface area (Å²) in [4.78, 5) is 4.09. The molecule has 0 unspecified atom stereocenters. The van der Waals surface area contributed by atoms with E-state index < -0.39 is 0 Å². The smallest absolute Gasteiger partial charge is 0.219 e. The number of nitrogens with zero attached hydrogens (tertiary/aromatic N) is 2. The summed E-state index contributed by atoms with van der Waals surface area (Å²) in [5, 5.41) is 8.72. The van der Waals surface area contributed by atoms with Gasteiger partial charge in [-0.25, -0.2) is 4.98 Å². The molecule has 0 bridgehead atoms. The maximum Gasteiger partial charge on any atom is 0.219 e. The molecule has 0 aliphatic carbocycles. The minimum atomic E-state index is 0.501. The molecule has 3 nitrogen and oxygen atoms in total. The highest BCUT2D eigenvalue weighted by molar-refractivity contribution is 8.19. The number of hydrogen-bond acceptors (Lipinski definition) is 5. The van der Waals surface area contributed by atoms with Crippen molar-refractivity contribution in [2.24, 2.45) is 0 Å². The van der Waals surface area contributed by atoms with Crippen LogP contribution in [0.15, 0.2) is 42.6 Å². The number of pyridine rings is 1. The first-order valence-corrected chi connectivity index (χ1v) is 8.32. The normalized spacial score (nSPS) is 14.9. The highest BCUT2D eigenvalue weighted by Crippen LogP contribution is 2.45. The third kappa shape index (κ3) is 3.09. The van der Waals surface area contributed by atoms with Crippen molar-refractivity contribution in [3.63, 3.8) is 0 Å². The van der Waals surface area contributed by atoms with E-state index in [4.69, 9.17) is 10.00 Å². The van der Waals surface area contributed by atoms with Crippen LogP contribution in [0, 0.1) is 11.3 Å². The van der Waals surface area contributed by atoms with E-state index in [1.54, 1.807) is 12.1 Å². The Morgan fingerprint density at radius 2 is 1.85 bits per heavy atom. The Kier molecular flexibility index (Phi) is 4.14. The summed E-state index contributed by atoms with van der Waals surface area (Å²) in [6.07, 6.45) is 1.51. The summed E-state index contributed by atoms with van der Waals surface area (Å²) >= 11 is 3.98. The van der Waals surface area contributed by atoms with Crippen LogP contribution in [-0.2, 0) is 0 Å². The molecule has 100 valence electrons. The van der Waals surface area contributed by atoms with Gasteiger partial charge in [-0.2, -0.15) is 5.26 Å². The van der Waals surface area contributed by atoms with E-state index in [9.17, 15) is 0 Å². The average molecular weight is 300 g/mol. The minimum Gasteiger partial charge on any atom is -0.439 e. The summed E-state index contributed by atoms with van der Waals surface area (Å²) in [5.41, 5.74) is 1.86. The molecule has 1 aromatic carbocycles. The Bertz CT molecular complexity index is 614. The Balaban J connectivity index is 1.69. The van der Waals surface area contributed by atoms with Gasteiger partial charge in [0, 0.05) is 23.8 Å². The van der Waals surface area contributed by atoms with E-state index in [0.29, 0.717) is 16.0 Å². The third-order valence-electron chi connectivity index (χ3n) is 2.86. The van der Waals surface area contributed by atoms with Crippen LogP contribution in [0.4, 0.5) is 0 Å². The molecule has 5 heteroatoms. The maximum atomic E-state index is 8.72. The molecule has 1 aliphatic heterocycles. The number of hydrogen-bond donors (Lipinski definition) is 0. The largest absolute Gasteiger partial charge is 0.439 e. The molecular weight excluding hydrogens is 288 g/mol. The lowest BCUT2D eigenvalue weighted by Crippen LogP contribution is -1.89. The van der Waals surface area contributed by atoms with Crippen LogP contribution in [0.5, 0.6) is 11.6 Å². The van der Waals surface area contributed by atoms with Crippen molar-refractivity contribution < 1.29 is 4.74 Å². The van der Waals surface area contributed by atoms with E-state index in [1.165, 1.54) is 23.3 Å². The first kappa shape index (κ1) is 13.3. The second-order valence-electron chi connectivity index (χ2n) is 4.24. The lowest BCUT2D eigenvalue weighted by molar-refractivity contribution is 0.463. The van der Waals surface area contributed by atoms with E-state index in [1.807, 2.05) is 41.7 Å². The van der Waals surface area contributed by atoms with Gasteiger partial charge in [0.1, 0.15) is 11.8 Å². The van der Waals surface area contributed by atoms with E-state index in [0.717, 1.165) is 5.75 Å². The molecule has 20 heavy (non-hydrogen) atoms. The molecule has 1 fully saturated rings. The van der Waals surface area contributed by atoms with Gasteiger partial charge in [-0.3, -0.25) is 0 Å². The van der Waals surface area contributed by atoms with Crippen LogP contribution in [0.2, 0.25) is 0 Å². The zero-order valence-electron chi connectivity index (χ0n) is 10.7. The van der Waals surface area contributed by atoms with Gasteiger partial charge >= 0.3 is 0 Å². The fourth-order valence-electron chi connectivity index (χ4n) is 1.87. The summed E-state index contributed by atoms with van der Waals surface area (Å²) < 4.78 is 6.21. The summed E-state index contributed by atoms with van der Waals surface area (Å²) in [6, 6.07) is 13.6. The molecule has 0 saturated carbocycles. The fourth-order valence-corrected chi connectivity index (χ4v) is 4.73. The van der Waals surface area contributed by atoms with Gasteiger partial charge in [-0.15, -0.1) is 23.5 Å². The van der Waals surface area contributed by atoms with E-state index in [-0.39, 0.29) is 0 Å². The highest BCUT2D eigenvalue weighted by atomic mass is 32.2. The van der Waals surface area contributed by atoms with Gasteiger partial charge in [0.05, 0.1) is 10.1 Å². The second-order valence-corrected chi connectivity index (χ2v) is 6.97. The van der Waals surface area contributed by atoms with Crippen LogP contribution < -0.4 is 4.74 Å². The van der Waals surface area contributed by atoms with Gasteiger partial charge in [0.15, 0.2) is 0 Å². The molecule has 0 atom stereocenters. The van der Waals surface area contributed by atoms with Crippen molar-refractivity contribution >= 4 is 23.5 Å². The topological polar surface area (TPSA) is 45.9 Å². The number of rotatable bonds is 3. The molecule has 1 aromatic heterocycles. The van der Waals surface area contributed by atoms with Gasteiger partial charge in [0.2, 0.25) is 5.88 Å². The lowest BCUT2D eigenvalue weighted by atomic mass is 10.2. The average Bonchev–Trinajstić information content (AvgIpc) is 3.03. The Morgan fingerprint density at radius 3 is 2.45 bits per heavy atom. The first-order valence-electron chi connectivity index (χ1n) is 6.22. The molecule has 1 saturated heterocycles. The zero-order valence-corrected chi connectivity index (χ0v) is 12.3. The van der Waals surface area contributed by atoms with Crippen molar-refractivity contribution in [3.05, 3.63) is 53.7 Å². The second kappa shape index (κ2) is 6.21. The molecule has 0 spiro atoms. The first-order chi connectivity index (χ1) is 9.85. The SMILES string of the molecule is N#Cc1ccc(Oc2ccc(C3SCCS3)cc2)nc1. The van der Waals surface area contributed by atoms with Crippen molar-refractivity contribution in [3.8, 4) is 17.7 Å². The highest BCUT2D eigenvalue weighted by Gasteiger charge is 2.17. The van der Waals surface area contributed by atoms with Crippen molar-refractivity contribution in [2.45, 2.75) is 4.58 Å². The third-order valence-corrected chi connectivity index (χ3v) is 5.97. The molecule has 0 N–H and O–H groups in total. The monoisotopic (exact) mass is 300 g/mol. The molecule has 0 amide bonds. The fraction of sp³-hybridized carbons (Fsp3) is 0.200. The predicted molar refractivity (Wildman–Crippen MR) is 83.1 cm³/mol. The molecular formula is C15H12N2OS2. The van der Waals surface area contributed by atoms with E-state index >= 15 is 0 Å². The number of thioether (sulfide) groups is 2. The Hall–Kier alpha value is -1.64. The van der Waals surface area contributed by atoms with Crippen LogP contribution in [0.1, 0.15) is 15.7 Å². The number of nitriles is 1. The zero-order chi connectivity index (χ0) is 13.8. The Morgan fingerprint density at radius 1 is 1.10 bits per heavy atom. The number of benzene rings is 1. The van der Waals surface area contributed by atoms with E-state index in [2.05, 4.69) is 17.1 Å². The summed E-state index contributed by atoms with van der Waals surface area (Å²) in [6.45, 7) is 0. The standard InChI is InChI=1S/C15H12N2OS2/c16-9-11-1-6-14(17-10-11)18-13-4-2-12(3-5-13)15-19-7-8-20-15/h1-6,10,15H,7-8H2. The molecule has 2 aromatic rings. The van der Waals surface area contributed by atoms with Crippen LogP contribution in [0.3, 0.4) is 0 Å². The van der Waals surface area contributed by atoms with Crippen molar-refractivity contribution in [1.82, 2.24) is 4.98 Å². The predicted octanol–water partition coefficient (Wildman–Crippen LogP) is 4.22. The Labute approximate surface area is 126 Å². The minimum absolute atomic E-state index is 0.501. The quantitative estimate of drug-likeness (QED) is 0.849. The molecule has 1 aliphatic rings. The molecule has 3 rings (SSSR count). The lowest BCUT2D eigenvalue weighted by Gasteiger charge is -2.09. The van der Waals surface area contributed by atoms with Gasteiger partial charge < -0.3 is 4.74 Å². The summed E-state index contributed by atoms with van der Waals surface area (Å²) in [7, 11) is 0. The van der Waals surface area contributed by atoms with Gasteiger partial charge in [0.25, 0.3) is 0 Å². The molecule has 2 heterocycles. The van der Waals surface area contributed by atoms with Crippen LogP contribution in [0.25, 0.3) is 0 Å². The van der Waals surface area contributed by atoms with Crippen LogP contribution >= 0.6 is 23.5 Å². The van der Waals surface area contributed by atoms with Crippen LogP contribution in [-0.4, -0.2) is 16.5 Å².